The highest BCUT2D eigenvalue weighted by atomic mass is 16.5. The maximum absolute atomic E-state index is 9.27. The molecule has 2 rings (SSSR count). The number of aryl methyl sites for hydroxylation is 3. The summed E-state index contributed by atoms with van der Waals surface area (Å²) in [7, 11) is 2.79. The molecule has 0 radical (unpaired) electrons. The zero-order chi connectivity index (χ0) is 22.4. The molecule has 0 fully saturated rings. The quantitative estimate of drug-likeness (QED) is 0.278. The van der Waals surface area contributed by atoms with E-state index in [1.165, 1.54) is 11.1 Å². The molecule has 0 atom stereocenters. The highest BCUT2D eigenvalue weighted by Gasteiger charge is 2.09. The van der Waals surface area contributed by atoms with Crippen molar-refractivity contribution in [2.75, 3.05) is 27.5 Å². The predicted octanol–water partition coefficient (Wildman–Crippen LogP) is 3.35. The second-order valence-electron chi connectivity index (χ2n) is 6.59. The number of aliphatic hydroxyl groups excluding tert-OH is 2. The normalized spacial score (nSPS) is 9.66. The lowest BCUT2D eigenvalue weighted by molar-refractivity contribution is 0.157. The van der Waals surface area contributed by atoms with Gasteiger partial charge in [0.1, 0.15) is 0 Å². The smallest absolute Gasteiger partial charge is 0.0968 e. The van der Waals surface area contributed by atoms with Crippen molar-refractivity contribution < 1.29 is 14.9 Å². The van der Waals surface area contributed by atoms with Gasteiger partial charge >= 0.3 is 0 Å². The van der Waals surface area contributed by atoms with E-state index in [-0.39, 0.29) is 13.2 Å². The molecule has 0 bridgehead atoms. The van der Waals surface area contributed by atoms with Gasteiger partial charge in [0.25, 0.3) is 0 Å². The van der Waals surface area contributed by atoms with Crippen LogP contribution in [0.3, 0.4) is 0 Å². The zero-order valence-electron chi connectivity index (χ0n) is 18.4. The van der Waals surface area contributed by atoms with Crippen molar-refractivity contribution in [1.82, 2.24) is 5.32 Å². The van der Waals surface area contributed by atoms with E-state index < -0.39 is 0 Å². The Hall–Kier alpha value is -2.38. The highest BCUT2D eigenvalue weighted by molar-refractivity contribution is 6.00. The Balaban J connectivity index is 0.000000526. The molecule has 5 N–H and O–H groups in total. The predicted molar refractivity (Wildman–Crippen MR) is 120 cm³/mol. The number of nitrogens with one attached hydrogen (secondary N) is 3. The molecule has 160 valence electrons. The van der Waals surface area contributed by atoms with Crippen molar-refractivity contribution >= 4 is 11.4 Å². The van der Waals surface area contributed by atoms with E-state index in [0.29, 0.717) is 18.2 Å². The molecule has 0 heterocycles. The number of hydrogen-bond acceptors (Lipinski definition) is 6. The first kappa shape index (κ1) is 26.6. The van der Waals surface area contributed by atoms with Gasteiger partial charge in [-0.25, -0.2) is 0 Å². The van der Waals surface area contributed by atoms with Crippen molar-refractivity contribution in [3.05, 3.63) is 69.8 Å². The molecule has 6 nitrogen and oxygen atoms in total. The molecular formula is C23H35N3O3. The second kappa shape index (κ2) is 14.6. The van der Waals surface area contributed by atoms with E-state index in [9.17, 15) is 5.11 Å². The van der Waals surface area contributed by atoms with Gasteiger partial charge < -0.3 is 25.8 Å². The summed E-state index contributed by atoms with van der Waals surface area (Å²) in [5, 5.41) is 34.4. The van der Waals surface area contributed by atoms with Gasteiger partial charge in [-0.2, -0.15) is 0 Å². The van der Waals surface area contributed by atoms with Crippen LogP contribution < -0.4 is 5.32 Å². The van der Waals surface area contributed by atoms with Crippen LogP contribution in [0.25, 0.3) is 0 Å². The minimum absolute atomic E-state index is 0.0452. The summed E-state index contributed by atoms with van der Waals surface area (Å²) in [5.74, 6) is 0. The molecule has 29 heavy (non-hydrogen) atoms. The molecule has 0 spiro atoms. The summed E-state index contributed by atoms with van der Waals surface area (Å²) < 4.78 is 5.22. The first-order valence-electron chi connectivity index (χ1n) is 9.38. The first-order chi connectivity index (χ1) is 13.8. The maximum Gasteiger partial charge on any atom is 0.0968 e. The Morgan fingerprint density at radius 2 is 1.62 bits per heavy atom. The Bertz CT molecular complexity index is 769. The average Bonchev–Trinajstić information content (AvgIpc) is 2.69. The summed E-state index contributed by atoms with van der Waals surface area (Å²) >= 11 is 0. The molecule has 0 unspecified atom stereocenters. The second-order valence-corrected chi connectivity index (χ2v) is 6.59. The summed E-state index contributed by atoms with van der Waals surface area (Å²) in [6.07, 6.45) is 0. The lowest BCUT2D eigenvalue weighted by atomic mass is 9.99. The van der Waals surface area contributed by atoms with Crippen LogP contribution in [0.2, 0.25) is 0 Å². The first-order valence-corrected chi connectivity index (χ1v) is 9.38. The van der Waals surface area contributed by atoms with Gasteiger partial charge in [-0.05, 0) is 51.4 Å². The maximum atomic E-state index is 9.27. The van der Waals surface area contributed by atoms with Crippen LogP contribution in [0.15, 0.2) is 36.4 Å². The Morgan fingerprint density at radius 3 is 2.10 bits per heavy atom. The molecular weight excluding hydrogens is 366 g/mol. The van der Waals surface area contributed by atoms with Crippen LogP contribution in [-0.4, -0.2) is 49.1 Å². The van der Waals surface area contributed by atoms with Gasteiger partial charge in [-0.15, -0.1) is 0 Å². The Morgan fingerprint density at radius 1 is 1.03 bits per heavy atom. The van der Waals surface area contributed by atoms with Crippen molar-refractivity contribution in [1.29, 1.82) is 10.8 Å². The highest BCUT2D eigenvalue weighted by Crippen LogP contribution is 2.15. The molecule has 0 saturated heterocycles. The largest absolute Gasteiger partial charge is 0.400 e. The molecule has 0 saturated carbocycles. The number of ether oxygens (including phenoxy) is 1. The Kier molecular flexibility index (Phi) is 13.4. The molecule has 2 aromatic rings. The topological polar surface area (TPSA) is 109 Å². The van der Waals surface area contributed by atoms with Gasteiger partial charge in [0.05, 0.1) is 25.7 Å². The van der Waals surface area contributed by atoms with E-state index >= 15 is 0 Å². The van der Waals surface area contributed by atoms with Crippen molar-refractivity contribution in [3.8, 4) is 0 Å². The van der Waals surface area contributed by atoms with Crippen LogP contribution in [0.1, 0.15) is 40.3 Å². The monoisotopic (exact) mass is 401 g/mol. The number of hydrogen-bond donors (Lipinski definition) is 5. The molecule has 0 aliphatic carbocycles. The van der Waals surface area contributed by atoms with Crippen molar-refractivity contribution in [3.63, 3.8) is 0 Å². The van der Waals surface area contributed by atoms with Crippen molar-refractivity contribution in [2.24, 2.45) is 0 Å². The van der Waals surface area contributed by atoms with Gasteiger partial charge in [-0.1, -0.05) is 47.5 Å². The van der Waals surface area contributed by atoms with Gasteiger partial charge in [0.15, 0.2) is 0 Å². The summed E-state index contributed by atoms with van der Waals surface area (Å²) in [6, 6.07) is 11.8. The fourth-order valence-corrected chi connectivity index (χ4v) is 2.72. The van der Waals surface area contributed by atoms with Gasteiger partial charge in [0, 0.05) is 18.4 Å². The fraction of sp³-hybridized carbons (Fsp3) is 0.391. The summed E-state index contributed by atoms with van der Waals surface area (Å²) in [4.78, 5) is 0. The molecule has 0 aromatic heterocycles. The van der Waals surface area contributed by atoms with E-state index in [1.807, 2.05) is 44.2 Å². The molecule has 6 heteroatoms. The Labute approximate surface area is 174 Å². The summed E-state index contributed by atoms with van der Waals surface area (Å²) in [5.41, 5.74) is 7.08. The minimum Gasteiger partial charge on any atom is -0.400 e. The third kappa shape index (κ3) is 9.58. The molecule has 0 amide bonds. The van der Waals surface area contributed by atoms with Gasteiger partial charge in [0.2, 0.25) is 0 Å². The van der Waals surface area contributed by atoms with Crippen LogP contribution in [-0.2, 0) is 11.3 Å². The lowest BCUT2D eigenvalue weighted by Gasteiger charge is -2.11. The third-order valence-corrected chi connectivity index (χ3v) is 4.04. The third-order valence-electron chi connectivity index (χ3n) is 4.04. The SMILES string of the molecule is CC(=N)c1cc(C)cc(C)c1.CNCOCC(=N)c1cccc(C)c1CO.CO. The number of benzene rings is 2. The standard InChI is InChI=1S/C12H18N2O2.C10H13N.CH4O/c1-9-4-3-5-10(11(9)6-15)12(13)7-16-8-14-2;1-7-4-8(2)6-10(5-7)9(3)11;1-2/h3-5,13-15H,6-8H2,1-2H3;4-6,11H,1-3H3;2H,1H3. The van der Waals surface area contributed by atoms with Crippen LogP contribution in [0, 0.1) is 31.6 Å². The van der Waals surface area contributed by atoms with E-state index in [0.717, 1.165) is 29.4 Å². The van der Waals surface area contributed by atoms with Crippen LogP contribution >= 0.6 is 0 Å². The number of aliphatic hydroxyl groups is 2. The molecule has 2 aromatic carbocycles. The average molecular weight is 402 g/mol. The van der Waals surface area contributed by atoms with Gasteiger partial charge in [-0.3, -0.25) is 5.32 Å². The fourth-order valence-electron chi connectivity index (χ4n) is 2.72. The van der Waals surface area contributed by atoms with E-state index in [1.54, 1.807) is 7.05 Å². The van der Waals surface area contributed by atoms with E-state index in [4.69, 9.17) is 20.7 Å². The minimum atomic E-state index is -0.0452. The lowest BCUT2D eigenvalue weighted by Crippen LogP contribution is -2.18. The summed E-state index contributed by atoms with van der Waals surface area (Å²) in [6.45, 7) is 8.47. The molecule has 0 aliphatic heterocycles. The zero-order valence-corrected chi connectivity index (χ0v) is 18.4. The molecule has 0 aliphatic rings. The van der Waals surface area contributed by atoms with Crippen LogP contribution in [0.5, 0.6) is 0 Å². The van der Waals surface area contributed by atoms with Crippen LogP contribution in [0.4, 0.5) is 0 Å². The van der Waals surface area contributed by atoms with Crippen molar-refractivity contribution in [2.45, 2.75) is 34.3 Å². The van der Waals surface area contributed by atoms with E-state index in [2.05, 4.69) is 25.2 Å². The number of rotatable bonds is 7.